The molecule has 0 bridgehead atoms. The number of aromatic nitrogens is 1. The lowest BCUT2D eigenvalue weighted by Gasteiger charge is -2.05. The second-order valence-corrected chi connectivity index (χ2v) is 7.19. The molecule has 0 fully saturated rings. The Bertz CT molecular complexity index is 1160. The summed E-state index contributed by atoms with van der Waals surface area (Å²) >= 11 is 1.21. The van der Waals surface area contributed by atoms with E-state index in [1.54, 1.807) is 41.8 Å². The summed E-state index contributed by atoms with van der Waals surface area (Å²) < 4.78 is 12.1. The number of hydrogen-bond donors (Lipinski definition) is 0. The van der Waals surface area contributed by atoms with Crippen molar-refractivity contribution in [1.82, 2.24) is 4.57 Å². The number of carbonyl (C=O) groups is 3. The molecule has 1 amide bonds. The van der Waals surface area contributed by atoms with Crippen LogP contribution in [0.1, 0.15) is 33.2 Å². The van der Waals surface area contributed by atoms with E-state index in [4.69, 9.17) is 9.47 Å². The number of ether oxygens (including phenoxy) is 2. The number of benzene rings is 2. The van der Waals surface area contributed by atoms with Crippen molar-refractivity contribution in [1.29, 1.82) is 0 Å². The maximum absolute atomic E-state index is 12.7. The summed E-state index contributed by atoms with van der Waals surface area (Å²) in [5, 5.41) is 0. The fraction of sp³-hybridized carbons (Fsp3) is 0.238. The molecule has 3 aromatic rings. The number of amides is 1. The van der Waals surface area contributed by atoms with E-state index in [9.17, 15) is 14.4 Å². The fourth-order valence-corrected chi connectivity index (χ4v) is 3.87. The average molecular weight is 412 g/mol. The molecule has 0 N–H and O–H groups in total. The maximum Gasteiger partial charge on any atom is 0.338 e. The molecule has 3 rings (SSSR count). The highest BCUT2D eigenvalue weighted by Gasteiger charge is 2.15. The molecule has 0 spiro atoms. The number of methoxy groups -OCH3 is 1. The Morgan fingerprint density at radius 2 is 1.90 bits per heavy atom. The normalized spacial score (nSPS) is 11.5. The van der Waals surface area contributed by atoms with Crippen LogP contribution >= 0.6 is 11.3 Å². The van der Waals surface area contributed by atoms with Crippen molar-refractivity contribution in [2.24, 2.45) is 4.99 Å². The van der Waals surface area contributed by atoms with Gasteiger partial charge in [0.15, 0.2) is 4.80 Å². The van der Waals surface area contributed by atoms with Gasteiger partial charge in [0, 0.05) is 5.56 Å². The first-order valence-corrected chi connectivity index (χ1v) is 9.78. The Morgan fingerprint density at radius 3 is 2.59 bits per heavy atom. The molecule has 0 radical (unpaired) electrons. The summed E-state index contributed by atoms with van der Waals surface area (Å²) in [5.74, 6) is -1.31. The second kappa shape index (κ2) is 8.83. The Morgan fingerprint density at radius 1 is 1.14 bits per heavy atom. The Hall–Kier alpha value is -3.26. The van der Waals surface area contributed by atoms with Crippen molar-refractivity contribution in [3.8, 4) is 0 Å². The molecule has 0 aliphatic rings. The number of rotatable bonds is 5. The highest BCUT2D eigenvalue weighted by atomic mass is 32.1. The van der Waals surface area contributed by atoms with Gasteiger partial charge in [0.2, 0.25) is 0 Å². The van der Waals surface area contributed by atoms with Gasteiger partial charge in [0.1, 0.15) is 6.54 Å². The zero-order chi connectivity index (χ0) is 21.0. The summed E-state index contributed by atoms with van der Waals surface area (Å²) in [6, 6.07) is 12.2. The van der Waals surface area contributed by atoms with Crippen LogP contribution in [0.15, 0.2) is 47.5 Å². The lowest BCUT2D eigenvalue weighted by molar-refractivity contribution is -0.141. The highest BCUT2D eigenvalue weighted by Crippen LogP contribution is 2.20. The molecule has 1 heterocycles. The summed E-state index contributed by atoms with van der Waals surface area (Å²) in [6.07, 6.45) is 0. The average Bonchev–Trinajstić information content (AvgIpc) is 3.04. The molecule has 0 unspecified atom stereocenters. The number of fused-ring (bicyclic) bond motifs is 1. The molecular weight excluding hydrogens is 392 g/mol. The Labute approximate surface area is 171 Å². The third-order valence-corrected chi connectivity index (χ3v) is 5.32. The van der Waals surface area contributed by atoms with E-state index in [1.165, 1.54) is 18.4 Å². The zero-order valence-corrected chi connectivity index (χ0v) is 17.1. The van der Waals surface area contributed by atoms with Gasteiger partial charge < -0.3 is 14.0 Å². The van der Waals surface area contributed by atoms with Gasteiger partial charge in [-0.1, -0.05) is 29.5 Å². The van der Waals surface area contributed by atoms with Gasteiger partial charge in [-0.3, -0.25) is 9.59 Å². The topological polar surface area (TPSA) is 87.0 Å². The SMILES string of the molecule is CCOC(=O)c1ccc2c(c1)sc(=NC(=O)c1ccccc1C)n2CC(=O)OC. The van der Waals surface area contributed by atoms with Crippen LogP contribution in [0.4, 0.5) is 0 Å². The van der Waals surface area contributed by atoms with Crippen LogP contribution in [-0.2, 0) is 20.8 Å². The molecule has 150 valence electrons. The number of carbonyl (C=O) groups excluding carboxylic acids is 3. The van der Waals surface area contributed by atoms with Crippen molar-refractivity contribution < 1.29 is 23.9 Å². The van der Waals surface area contributed by atoms with Crippen molar-refractivity contribution in [3.63, 3.8) is 0 Å². The van der Waals surface area contributed by atoms with Gasteiger partial charge >= 0.3 is 11.9 Å². The van der Waals surface area contributed by atoms with Crippen molar-refractivity contribution in [2.45, 2.75) is 20.4 Å². The van der Waals surface area contributed by atoms with E-state index in [-0.39, 0.29) is 13.2 Å². The number of nitrogens with zero attached hydrogens (tertiary/aromatic N) is 2. The number of esters is 2. The van der Waals surface area contributed by atoms with E-state index < -0.39 is 17.8 Å². The van der Waals surface area contributed by atoms with Gasteiger partial charge in [-0.25, -0.2) is 4.79 Å². The van der Waals surface area contributed by atoms with Gasteiger partial charge in [-0.15, -0.1) is 0 Å². The predicted molar refractivity (Wildman–Crippen MR) is 109 cm³/mol. The molecular formula is C21H20N2O5S. The quantitative estimate of drug-likeness (QED) is 0.601. The van der Waals surface area contributed by atoms with Crippen LogP contribution < -0.4 is 4.80 Å². The van der Waals surface area contributed by atoms with Gasteiger partial charge in [-0.05, 0) is 43.7 Å². The first-order chi connectivity index (χ1) is 13.9. The lowest BCUT2D eigenvalue weighted by Crippen LogP contribution is -2.22. The standard InChI is InChI=1S/C21H20N2O5S/c1-4-28-20(26)14-9-10-16-17(11-14)29-21(23(16)12-18(24)27-3)22-19(25)15-8-6-5-7-13(15)2/h5-11H,4,12H2,1-3H3. The smallest absolute Gasteiger partial charge is 0.338 e. The third kappa shape index (κ3) is 4.43. The minimum Gasteiger partial charge on any atom is -0.468 e. The van der Waals surface area contributed by atoms with Crippen LogP contribution in [-0.4, -0.2) is 36.1 Å². The third-order valence-electron chi connectivity index (χ3n) is 4.28. The van der Waals surface area contributed by atoms with Crippen LogP contribution in [0.25, 0.3) is 10.2 Å². The molecule has 8 heteroatoms. The van der Waals surface area contributed by atoms with Crippen LogP contribution in [0.3, 0.4) is 0 Å². The zero-order valence-electron chi connectivity index (χ0n) is 16.3. The van der Waals surface area contributed by atoms with E-state index in [0.29, 0.717) is 26.1 Å². The van der Waals surface area contributed by atoms with Crippen molar-refractivity contribution >= 4 is 39.4 Å². The first-order valence-electron chi connectivity index (χ1n) is 8.96. The summed E-state index contributed by atoms with van der Waals surface area (Å²) in [7, 11) is 1.30. The van der Waals surface area contributed by atoms with E-state index in [2.05, 4.69) is 4.99 Å². The largest absolute Gasteiger partial charge is 0.468 e. The number of thiazole rings is 1. The minimum atomic E-state index is -0.469. The molecule has 1 aromatic heterocycles. The number of aryl methyl sites for hydroxylation is 1. The molecule has 0 atom stereocenters. The lowest BCUT2D eigenvalue weighted by atomic mass is 10.1. The van der Waals surface area contributed by atoms with Crippen molar-refractivity contribution in [3.05, 3.63) is 64.0 Å². The van der Waals surface area contributed by atoms with Gasteiger partial charge in [0.05, 0.1) is 29.5 Å². The minimum absolute atomic E-state index is 0.102. The molecule has 0 aliphatic heterocycles. The highest BCUT2D eigenvalue weighted by molar-refractivity contribution is 7.16. The van der Waals surface area contributed by atoms with Crippen LogP contribution in [0.2, 0.25) is 0 Å². The van der Waals surface area contributed by atoms with Crippen LogP contribution in [0.5, 0.6) is 0 Å². The second-order valence-electron chi connectivity index (χ2n) is 6.18. The Kier molecular flexibility index (Phi) is 6.23. The fourth-order valence-electron chi connectivity index (χ4n) is 2.81. The van der Waals surface area contributed by atoms with Gasteiger partial charge in [0.25, 0.3) is 5.91 Å². The molecule has 29 heavy (non-hydrogen) atoms. The summed E-state index contributed by atoms with van der Waals surface area (Å²) in [5.41, 5.74) is 2.36. The van der Waals surface area contributed by atoms with E-state index >= 15 is 0 Å². The molecule has 0 aliphatic carbocycles. The predicted octanol–water partition coefficient (Wildman–Crippen LogP) is 3.10. The van der Waals surface area contributed by atoms with Gasteiger partial charge in [-0.2, -0.15) is 4.99 Å². The van der Waals surface area contributed by atoms with E-state index in [0.717, 1.165) is 5.56 Å². The molecule has 2 aromatic carbocycles. The summed E-state index contributed by atoms with van der Waals surface area (Å²) in [4.78, 5) is 41.2. The maximum atomic E-state index is 12.7. The molecule has 7 nitrogen and oxygen atoms in total. The Balaban J connectivity index is 2.14. The monoisotopic (exact) mass is 412 g/mol. The molecule has 0 saturated heterocycles. The molecule has 0 saturated carbocycles. The van der Waals surface area contributed by atoms with Crippen molar-refractivity contribution in [2.75, 3.05) is 13.7 Å². The number of hydrogen-bond acceptors (Lipinski definition) is 6. The first kappa shape index (κ1) is 20.5. The van der Waals surface area contributed by atoms with Crippen LogP contribution in [0, 0.1) is 6.92 Å². The summed E-state index contributed by atoms with van der Waals surface area (Å²) in [6.45, 7) is 3.74. The van der Waals surface area contributed by atoms with E-state index in [1.807, 2.05) is 19.1 Å².